The smallest absolute Gasteiger partial charge is 0.264 e. The lowest BCUT2D eigenvalue weighted by Crippen LogP contribution is -2.56. The zero-order valence-electron chi connectivity index (χ0n) is 23.1. The number of hydrogen-bond acceptors (Lipinski definition) is 4. The number of anilines is 1. The Kier molecular flexibility index (Phi) is 10.6. The number of sulfonamides is 1. The van der Waals surface area contributed by atoms with Crippen molar-refractivity contribution < 1.29 is 18.0 Å². The third-order valence-corrected chi connectivity index (χ3v) is 8.48. The normalized spacial score (nSPS) is 12.4. The van der Waals surface area contributed by atoms with Crippen LogP contribution in [-0.4, -0.2) is 49.8 Å². The summed E-state index contributed by atoms with van der Waals surface area (Å²) < 4.78 is 28.7. The molecule has 1 atom stereocenters. The van der Waals surface area contributed by atoms with E-state index in [-0.39, 0.29) is 33.1 Å². The first kappa shape index (κ1) is 31.5. The van der Waals surface area contributed by atoms with Crippen molar-refractivity contribution in [2.45, 2.75) is 57.0 Å². The Morgan fingerprint density at radius 2 is 1.52 bits per heavy atom. The molecule has 1 unspecified atom stereocenters. The average molecular weight is 605 g/mol. The lowest BCUT2D eigenvalue weighted by molar-refractivity contribution is -0.140. The summed E-state index contributed by atoms with van der Waals surface area (Å²) in [7, 11) is -4.23. The molecule has 0 aromatic heterocycles. The monoisotopic (exact) mass is 603 g/mol. The van der Waals surface area contributed by atoms with E-state index in [4.69, 9.17) is 23.2 Å². The molecule has 2 amide bonds. The van der Waals surface area contributed by atoms with Gasteiger partial charge >= 0.3 is 0 Å². The highest BCUT2D eigenvalue weighted by Gasteiger charge is 2.35. The Bertz CT molecular complexity index is 1410. The molecule has 214 valence electrons. The van der Waals surface area contributed by atoms with Crippen LogP contribution in [0.5, 0.6) is 0 Å². The average Bonchev–Trinajstić information content (AvgIpc) is 2.91. The number of rotatable bonds is 11. The fourth-order valence-corrected chi connectivity index (χ4v) is 6.14. The second-order valence-corrected chi connectivity index (χ2v) is 13.1. The predicted octanol–water partition coefficient (Wildman–Crippen LogP) is 5.95. The van der Waals surface area contributed by atoms with E-state index >= 15 is 0 Å². The first-order chi connectivity index (χ1) is 18.8. The van der Waals surface area contributed by atoms with Crippen LogP contribution in [0.4, 0.5) is 5.69 Å². The zero-order chi connectivity index (χ0) is 29.5. The maximum Gasteiger partial charge on any atom is 0.264 e. The minimum Gasteiger partial charge on any atom is -0.350 e. The molecule has 3 aromatic carbocycles. The van der Waals surface area contributed by atoms with Crippen molar-refractivity contribution in [2.24, 2.45) is 0 Å². The molecule has 0 aliphatic carbocycles. The third kappa shape index (κ3) is 8.22. The minimum atomic E-state index is -4.23. The van der Waals surface area contributed by atoms with Crippen molar-refractivity contribution in [1.82, 2.24) is 10.2 Å². The van der Waals surface area contributed by atoms with Crippen molar-refractivity contribution in [2.75, 3.05) is 17.4 Å². The number of carbonyl (C=O) groups is 2. The number of nitrogens with one attached hydrogen (secondary N) is 1. The topological polar surface area (TPSA) is 86.8 Å². The molecule has 0 heterocycles. The van der Waals surface area contributed by atoms with E-state index in [1.54, 1.807) is 24.3 Å². The SMILES string of the molecule is CCC(C(=O)NC(C)(C)C)N(CCc1ccccc1)C(=O)CN(c1cc(Cl)ccc1Cl)S(=O)(=O)c1ccccc1. The van der Waals surface area contributed by atoms with Crippen LogP contribution in [0.3, 0.4) is 0 Å². The molecule has 0 aliphatic rings. The van der Waals surface area contributed by atoms with Crippen molar-refractivity contribution >= 4 is 50.7 Å². The Morgan fingerprint density at radius 3 is 2.10 bits per heavy atom. The summed E-state index contributed by atoms with van der Waals surface area (Å²) in [6.45, 7) is 7.05. The van der Waals surface area contributed by atoms with Crippen LogP contribution in [0, 0.1) is 0 Å². The van der Waals surface area contributed by atoms with E-state index in [2.05, 4.69) is 5.32 Å². The van der Waals surface area contributed by atoms with E-state index in [0.29, 0.717) is 12.8 Å². The molecule has 40 heavy (non-hydrogen) atoms. The van der Waals surface area contributed by atoms with Crippen LogP contribution >= 0.6 is 23.2 Å². The quantitative estimate of drug-likeness (QED) is 0.293. The highest BCUT2D eigenvalue weighted by atomic mass is 35.5. The Hall–Kier alpha value is -3.07. The van der Waals surface area contributed by atoms with E-state index in [1.807, 2.05) is 58.0 Å². The predicted molar refractivity (Wildman–Crippen MR) is 161 cm³/mol. The van der Waals surface area contributed by atoms with Gasteiger partial charge < -0.3 is 10.2 Å². The van der Waals surface area contributed by atoms with Crippen LogP contribution in [0.1, 0.15) is 39.7 Å². The molecule has 0 fully saturated rings. The van der Waals surface area contributed by atoms with Crippen LogP contribution in [0.2, 0.25) is 10.0 Å². The van der Waals surface area contributed by atoms with Gasteiger partial charge in [0.2, 0.25) is 11.8 Å². The summed E-state index contributed by atoms with van der Waals surface area (Å²) in [5, 5.41) is 3.34. The van der Waals surface area contributed by atoms with Gasteiger partial charge in [0.05, 0.1) is 15.6 Å². The third-order valence-electron chi connectivity index (χ3n) is 6.16. The van der Waals surface area contributed by atoms with Crippen molar-refractivity contribution in [3.63, 3.8) is 0 Å². The first-order valence-corrected chi connectivity index (χ1v) is 15.2. The van der Waals surface area contributed by atoms with Gasteiger partial charge in [-0.05, 0) is 69.5 Å². The fourth-order valence-electron chi connectivity index (χ4n) is 4.26. The van der Waals surface area contributed by atoms with Gasteiger partial charge in [0.1, 0.15) is 12.6 Å². The highest BCUT2D eigenvalue weighted by molar-refractivity contribution is 7.92. The largest absolute Gasteiger partial charge is 0.350 e. The number of nitrogens with zero attached hydrogens (tertiary/aromatic N) is 2. The summed E-state index contributed by atoms with van der Waals surface area (Å²) in [5.41, 5.74) is 0.537. The molecular weight excluding hydrogens is 569 g/mol. The lowest BCUT2D eigenvalue weighted by atomic mass is 10.1. The Labute approximate surface area is 247 Å². The molecule has 7 nitrogen and oxygen atoms in total. The molecule has 0 bridgehead atoms. The van der Waals surface area contributed by atoms with Gasteiger partial charge in [-0.1, -0.05) is 78.7 Å². The van der Waals surface area contributed by atoms with E-state index in [9.17, 15) is 18.0 Å². The molecule has 3 rings (SSSR count). The van der Waals surface area contributed by atoms with Crippen LogP contribution in [-0.2, 0) is 26.0 Å². The van der Waals surface area contributed by atoms with Gasteiger partial charge in [0.15, 0.2) is 0 Å². The van der Waals surface area contributed by atoms with E-state index in [1.165, 1.54) is 29.2 Å². The van der Waals surface area contributed by atoms with Gasteiger partial charge in [0, 0.05) is 17.1 Å². The number of hydrogen-bond donors (Lipinski definition) is 1. The van der Waals surface area contributed by atoms with Gasteiger partial charge in [-0.2, -0.15) is 0 Å². The molecule has 0 saturated heterocycles. The van der Waals surface area contributed by atoms with Crippen LogP contribution in [0.25, 0.3) is 0 Å². The number of amides is 2. The molecule has 0 aliphatic heterocycles. The van der Waals surface area contributed by atoms with E-state index < -0.39 is 34.1 Å². The van der Waals surface area contributed by atoms with Crippen LogP contribution < -0.4 is 9.62 Å². The summed E-state index contributed by atoms with van der Waals surface area (Å²) in [4.78, 5) is 28.9. The second-order valence-electron chi connectivity index (χ2n) is 10.4. The fraction of sp³-hybridized carbons (Fsp3) is 0.333. The van der Waals surface area contributed by atoms with Crippen LogP contribution in [0.15, 0.2) is 83.8 Å². The zero-order valence-corrected chi connectivity index (χ0v) is 25.4. The standard InChI is InChI=1S/C30H35Cl2N3O4S/c1-5-26(29(37)33-30(2,3)4)34(19-18-22-12-8-6-9-13-22)28(36)21-35(27-20-23(31)16-17-25(27)32)40(38,39)24-14-10-7-11-15-24/h6-17,20,26H,5,18-19,21H2,1-4H3,(H,33,37). The van der Waals surface area contributed by atoms with E-state index in [0.717, 1.165) is 9.87 Å². The molecule has 0 saturated carbocycles. The van der Waals surface area contributed by atoms with Crippen molar-refractivity contribution in [3.05, 3.63) is 94.5 Å². The maximum atomic E-state index is 14.1. The molecule has 1 N–H and O–H groups in total. The minimum absolute atomic E-state index is 0.00723. The second kappa shape index (κ2) is 13.5. The van der Waals surface area contributed by atoms with Crippen molar-refractivity contribution in [3.8, 4) is 0 Å². The summed E-state index contributed by atoms with van der Waals surface area (Å²) >= 11 is 12.7. The molecule has 10 heteroatoms. The van der Waals surface area contributed by atoms with Gasteiger partial charge in [-0.25, -0.2) is 8.42 Å². The number of carbonyl (C=O) groups excluding carboxylic acids is 2. The maximum absolute atomic E-state index is 14.1. The number of benzene rings is 3. The first-order valence-electron chi connectivity index (χ1n) is 13.0. The summed E-state index contributed by atoms with van der Waals surface area (Å²) in [6.07, 6.45) is 0.820. The van der Waals surface area contributed by atoms with Gasteiger partial charge in [-0.3, -0.25) is 13.9 Å². The summed E-state index contributed by atoms with van der Waals surface area (Å²) in [5.74, 6) is -0.850. The highest BCUT2D eigenvalue weighted by Crippen LogP contribution is 2.33. The van der Waals surface area contributed by atoms with Gasteiger partial charge in [-0.15, -0.1) is 0 Å². The number of halogens is 2. The lowest BCUT2D eigenvalue weighted by Gasteiger charge is -2.35. The van der Waals surface area contributed by atoms with Crippen molar-refractivity contribution in [1.29, 1.82) is 0 Å². The Balaban J connectivity index is 2.05. The van der Waals surface area contributed by atoms with Gasteiger partial charge in [0.25, 0.3) is 10.0 Å². The molecule has 3 aromatic rings. The molecular formula is C30H35Cl2N3O4S. The molecule has 0 spiro atoms. The summed E-state index contributed by atoms with van der Waals surface area (Å²) in [6, 6.07) is 21.0. The molecule has 0 radical (unpaired) electrons. The Morgan fingerprint density at radius 1 is 0.925 bits per heavy atom.